The number of rotatable bonds is 5. The second kappa shape index (κ2) is 6.84. The van der Waals surface area contributed by atoms with E-state index < -0.39 is 0 Å². The van der Waals surface area contributed by atoms with Crippen molar-refractivity contribution < 1.29 is 4.74 Å². The zero-order valence-corrected chi connectivity index (χ0v) is 14.3. The number of fused-ring (bicyclic) bond motifs is 1. The molecular formula is C20H18N4O2. The number of H-pyrrole nitrogens is 1. The molecule has 0 aliphatic heterocycles. The fourth-order valence-electron chi connectivity index (χ4n) is 2.90. The van der Waals surface area contributed by atoms with Gasteiger partial charge in [-0.05, 0) is 36.8 Å². The van der Waals surface area contributed by atoms with Gasteiger partial charge in [0.1, 0.15) is 11.6 Å². The standard InChI is InChI=1S/C20H18N4O2/c1-2-26-16-10-8-15(9-11-16)18-22-19-17(20(25)23-18)24(13-21-19)12-14-6-4-3-5-7-14/h3-11,13H,2,12H2,1H3,(H,22,23,25). The molecule has 26 heavy (non-hydrogen) atoms. The van der Waals surface area contributed by atoms with E-state index in [9.17, 15) is 4.79 Å². The van der Waals surface area contributed by atoms with Crippen LogP contribution in [0.2, 0.25) is 0 Å². The molecule has 0 spiro atoms. The van der Waals surface area contributed by atoms with Gasteiger partial charge in [-0.2, -0.15) is 0 Å². The molecule has 0 radical (unpaired) electrons. The van der Waals surface area contributed by atoms with Crippen molar-refractivity contribution in [1.82, 2.24) is 19.5 Å². The Labute approximate surface area is 150 Å². The summed E-state index contributed by atoms with van der Waals surface area (Å²) in [5.41, 5.74) is 2.62. The number of imidazole rings is 1. The van der Waals surface area contributed by atoms with Crippen LogP contribution < -0.4 is 10.3 Å². The molecule has 0 aliphatic carbocycles. The quantitative estimate of drug-likeness (QED) is 0.602. The Bertz CT molecular complexity index is 1080. The first kappa shape index (κ1) is 16.1. The topological polar surface area (TPSA) is 72.8 Å². The maximum absolute atomic E-state index is 12.6. The van der Waals surface area contributed by atoms with Crippen LogP contribution in [0, 0.1) is 0 Å². The van der Waals surface area contributed by atoms with E-state index in [2.05, 4.69) is 15.0 Å². The van der Waals surface area contributed by atoms with Gasteiger partial charge in [0.05, 0.1) is 12.9 Å². The maximum atomic E-state index is 12.6. The Morgan fingerprint density at radius 1 is 1.08 bits per heavy atom. The number of hydrogen-bond acceptors (Lipinski definition) is 4. The molecule has 0 aliphatic rings. The Hall–Kier alpha value is -3.41. The number of nitrogens with one attached hydrogen (secondary N) is 1. The minimum Gasteiger partial charge on any atom is -0.494 e. The second-order valence-electron chi connectivity index (χ2n) is 5.90. The molecule has 1 N–H and O–H groups in total. The summed E-state index contributed by atoms with van der Waals surface area (Å²) in [6.45, 7) is 3.12. The average molecular weight is 346 g/mol. The van der Waals surface area contributed by atoms with Gasteiger partial charge in [-0.3, -0.25) is 4.79 Å². The van der Waals surface area contributed by atoms with Crippen LogP contribution in [0.3, 0.4) is 0 Å². The maximum Gasteiger partial charge on any atom is 0.277 e. The summed E-state index contributed by atoms with van der Waals surface area (Å²) in [6.07, 6.45) is 1.65. The van der Waals surface area contributed by atoms with Gasteiger partial charge in [-0.1, -0.05) is 30.3 Å². The third-order valence-corrected chi connectivity index (χ3v) is 4.12. The molecule has 2 heterocycles. The summed E-state index contributed by atoms with van der Waals surface area (Å²) in [7, 11) is 0. The molecular weight excluding hydrogens is 328 g/mol. The summed E-state index contributed by atoms with van der Waals surface area (Å²) in [6, 6.07) is 17.4. The van der Waals surface area contributed by atoms with Crippen LogP contribution in [0.4, 0.5) is 0 Å². The SMILES string of the molecule is CCOc1ccc(-c2nc3ncn(Cc4ccccc4)c3c(=O)[nH]2)cc1. The highest BCUT2D eigenvalue weighted by molar-refractivity contribution is 5.72. The summed E-state index contributed by atoms with van der Waals surface area (Å²) < 4.78 is 7.26. The highest BCUT2D eigenvalue weighted by atomic mass is 16.5. The van der Waals surface area contributed by atoms with Crippen molar-refractivity contribution in [2.24, 2.45) is 0 Å². The van der Waals surface area contributed by atoms with E-state index in [0.29, 0.717) is 30.1 Å². The fraction of sp³-hybridized carbons (Fsp3) is 0.150. The highest BCUT2D eigenvalue weighted by Crippen LogP contribution is 2.20. The Morgan fingerprint density at radius 2 is 1.85 bits per heavy atom. The number of aromatic nitrogens is 4. The molecule has 2 aromatic carbocycles. The minimum atomic E-state index is -0.202. The zero-order chi connectivity index (χ0) is 17.9. The van der Waals surface area contributed by atoms with Gasteiger partial charge in [-0.15, -0.1) is 0 Å². The minimum absolute atomic E-state index is 0.202. The van der Waals surface area contributed by atoms with Gasteiger partial charge >= 0.3 is 0 Å². The lowest BCUT2D eigenvalue weighted by atomic mass is 10.2. The third kappa shape index (κ3) is 3.09. The zero-order valence-electron chi connectivity index (χ0n) is 14.3. The summed E-state index contributed by atoms with van der Waals surface area (Å²) >= 11 is 0. The van der Waals surface area contributed by atoms with Gasteiger partial charge in [0.25, 0.3) is 5.56 Å². The van der Waals surface area contributed by atoms with Gasteiger partial charge in [0.15, 0.2) is 11.2 Å². The molecule has 4 aromatic rings. The lowest BCUT2D eigenvalue weighted by Crippen LogP contribution is -2.13. The van der Waals surface area contributed by atoms with E-state index in [4.69, 9.17) is 4.74 Å². The molecule has 0 saturated heterocycles. The van der Waals surface area contributed by atoms with E-state index in [-0.39, 0.29) is 5.56 Å². The number of aromatic amines is 1. The van der Waals surface area contributed by atoms with Crippen LogP contribution in [0.25, 0.3) is 22.6 Å². The average Bonchev–Trinajstić information content (AvgIpc) is 3.07. The number of nitrogens with zero attached hydrogens (tertiary/aromatic N) is 3. The van der Waals surface area contributed by atoms with Crippen LogP contribution >= 0.6 is 0 Å². The van der Waals surface area contributed by atoms with Gasteiger partial charge < -0.3 is 14.3 Å². The summed E-state index contributed by atoms with van der Waals surface area (Å²) in [4.78, 5) is 24.3. The molecule has 130 valence electrons. The van der Waals surface area contributed by atoms with Crippen molar-refractivity contribution in [2.75, 3.05) is 6.61 Å². The largest absolute Gasteiger partial charge is 0.494 e. The van der Waals surface area contributed by atoms with Crippen LogP contribution in [-0.4, -0.2) is 26.1 Å². The lowest BCUT2D eigenvalue weighted by molar-refractivity contribution is 0.340. The Balaban J connectivity index is 1.70. The molecule has 0 atom stereocenters. The van der Waals surface area contributed by atoms with Crippen LogP contribution in [0.1, 0.15) is 12.5 Å². The molecule has 0 fully saturated rings. The Kier molecular flexibility index (Phi) is 4.23. The molecule has 4 rings (SSSR count). The second-order valence-corrected chi connectivity index (χ2v) is 5.90. The molecule has 6 nitrogen and oxygen atoms in total. The molecule has 0 saturated carbocycles. The molecule has 2 aromatic heterocycles. The predicted octanol–water partition coefficient (Wildman–Crippen LogP) is 3.23. The lowest BCUT2D eigenvalue weighted by Gasteiger charge is -2.06. The highest BCUT2D eigenvalue weighted by Gasteiger charge is 2.12. The first-order chi connectivity index (χ1) is 12.7. The molecule has 0 bridgehead atoms. The van der Waals surface area contributed by atoms with Gasteiger partial charge in [0, 0.05) is 12.1 Å². The molecule has 0 unspecified atom stereocenters. The van der Waals surface area contributed by atoms with Crippen molar-refractivity contribution in [3.63, 3.8) is 0 Å². The molecule has 0 amide bonds. The fourth-order valence-corrected chi connectivity index (χ4v) is 2.90. The van der Waals surface area contributed by atoms with E-state index in [1.165, 1.54) is 0 Å². The summed E-state index contributed by atoms with van der Waals surface area (Å²) in [5.74, 6) is 1.28. The van der Waals surface area contributed by atoms with Crippen molar-refractivity contribution >= 4 is 11.2 Å². The molecule has 6 heteroatoms. The number of benzene rings is 2. The monoisotopic (exact) mass is 346 g/mol. The van der Waals surface area contributed by atoms with E-state index in [1.54, 1.807) is 6.33 Å². The van der Waals surface area contributed by atoms with Crippen molar-refractivity contribution in [1.29, 1.82) is 0 Å². The van der Waals surface area contributed by atoms with Gasteiger partial charge in [0.2, 0.25) is 0 Å². The van der Waals surface area contributed by atoms with Crippen molar-refractivity contribution in [2.45, 2.75) is 13.5 Å². The first-order valence-corrected chi connectivity index (χ1v) is 8.47. The van der Waals surface area contributed by atoms with Gasteiger partial charge in [-0.25, -0.2) is 9.97 Å². The van der Waals surface area contributed by atoms with E-state index in [0.717, 1.165) is 16.9 Å². The van der Waals surface area contributed by atoms with Crippen LogP contribution in [0.15, 0.2) is 65.7 Å². The first-order valence-electron chi connectivity index (χ1n) is 8.47. The number of ether oxygens (including phenoxy) is 1. The van der Waals surface area contributed by atoms with Crippen molar-refractivity contribution in [3.8, 4) is 17.1 Å². The normalized spacial score (nSPS) is 11.0. The van der Waals surface area contributed by atoms with Crippen molar-refractivity contribution in [3.05, 3.63) is 76.8 Å². The smallest absolute Gasteiger partial charge is 0.277 e. The predicted molar refractivity (Wildman–Crippen MR) is 100 cm³/mol. The van der Waals surface area contributed by atoms with E-state index in [1.807, 2.05) is 66.1 Å². The van der Waals surface area contributed by atoms with E-state index >= 15 is 0 Å². The summed E-state index contributed by atoms with van der Waals surface area (Å²) in [5, 5.41) is 0. The van der Waals surface area contributed by atoms with Crippen LogP contribution in [0.5, 0.6) is 5.75 Å². The number of hydrogen-bond donors (Lipinski definition) is 1. The third-order valence-electron chi connectivity index (χ3n) is 4.12. The van der Waals surface area contributed by atoms with Crippen LogP contribution in [-0.2, 0) is 6.54 Å². The Morgan fingerprint density at radius 3 is 2.58 bits per heavy atom.